The van der Waals surface area contributed by atoms with Gasteiger partial charge in [-0.2, -0.15) is 0 Å². The van der Waals surface area contributed by atoms with Gasteiger partial charge in [-0.1, -0.05) is 15.9 Å². The number of hydrogen-bond acceptors (Lipinski definition) is 3. The van der Waals surface area contributed by atoms with Gasteiger partial charge in [0.05, 0.1) is 13.0 Å². The Kier molecular flexibility index (Phi) is 4.24. The Balaban J connectivity index is 2.43. The predicted octanol–water partition coefficient (Wildman–Crippen LogP) is 3.00. The van der Waals surface area contributed by atoms with E-state index in [0.29, 0.717) is 18.6 Å². The van der Waals surface area contributed by atoms with Gasteiger partial charge in [-0.15, -0.1) is 0 Å². The van der Waals surface area contributed by atoms with E-state index >= 15 is 0 Å². The molecule has 1 aromatic rings. The molecule has 1 saturated carbocycles. The number of ketones is 1. The van der Waals surface area contributed by atoms with Crippen molar-refractivity contribution in [2.45, 2.75) is 25.2 Å². The minimum Gasteiger partial charge on any atom is -0.496 e. The Hall–Kier alpha value is -1.36. The molecule has 0 saturated heterocycles. The van der Waals surface area contributed by atoms with E-state index in [1.165, 1.54) is 0 Å². The first-order valence-corrected chi connectivity index (χ1v) is 6.90. The Bertz CT molecular complexity index is 512. The molecule has 0 radical (unpaired) electrons. The van der Waals surface area contributed by atoms with Crippen LogP contribution in [0.1, 0.15) is 30.7 Å². The summed E-state index contributed by atoms with van der Waals surface area (Å²) < 4.78 is 6.14. The van der Waals surface area contributed by atoms with Crippen molar-refractivity contribution in [3.63, 3.8) is 0 Å². The van der Waals surface area contributed by atoms with Gasteiger partial charge >= 0.3 is 5.97 Å². The van der Waals surface area contributed by atoms with Crippen LogP contribution in [0, 0.1) is 5.92 Å². The van der Waals surface area contributed by atoms with E-state index in [1.807, 2.05) is 12.1 Å². The van der Waals surface area contributed by atoms with Gasteiger partial charge in [0.25, 0.3) is 0 Å². The SMILES string of the molecule is COc1ccc(Br)cc1C1CC(=O)CCC1C(=O)O. The van der Waals surface area contributed by atoms with Crippen LogP contribution in [0.3, 0.4) is 0 Å². The predicted molar refractivity (Wildman–Crippen MR) is 73.4 cm³/mol. The van der Waals surface area contributed by atoms with Crippen LogP contribution in [0.4, 0.5) is 0 Å². The van der Waals surface area contributed by atoms with Crippen molar-refractivity contribution in [1.82, 2.24) is 0 Å². The smallest absolute Gasteiger partial charge is 0.307 e. The first-order valence-electron chi connectivity index (χ1n) is 6.11. The number of halogens is 1. The number of carbonyl (C=O) groups excluding carboxylic acids is 1. The standard InChI is InChI=1S/C14H15BrO4/c1-19-13-5-2-8(15)6-12(13)11-7-9(16)3-4-10(11)14(17)18/h2,5-6,10-11H,3-4,7H2,1H3,(H,17,18). The molecule has 0 aromatic heterocycles. The summed E-state index contributed by atoms with van der Waals surface area (Å²) in [6.07, 6.45) is 1.02. The van der Waals surface area contributed by atoms with E-state index < -0.39 is 11.9 Å². The number of Topliss-reactive ketones (excluding diaryl/α,β-unsaturated/α-hetero) is 1. The van der Waals surface area contributed by atoms with Crippen LogP contribution in [-0.4, -0.2) is 24.0 Å². The molecule has 1 aliphatic rings. The van der Waals surface area contributed by atoms with Crippen LogP contribution in [0.2, 0.25) is 0 Å². The Morgan fingerprint density at radius 2 is 2.21 bits per heavy atom. The van der Waals surface area contributed by atoms with Crippen molar-refractivity contribution in [1.29, 1.82) is 0 Å². The fourth-order valence-electron chi connectivity index (χ4n) is 2.62. The fourth-order valence-corrected chi connectivity index (χ4v) is 3.00. The first-order chi connectivity index (χ1) is 9.02. The van der Waals surface area contributed by atoms with Crippen LogP contribution in [0.15, 0.2) is 22.7 Å². The van der Waals surface area contributed by atoms with Crippen molar-refractivity contribution in [3.05, 3.63) is 28.2 Å². The second kappa shape index (κ2) is 5.74. The number of aliphatic carboxylic acids is 1. The van der Waals surface area contributed by atoms with Gasteiger partial charge in [-0.25, -0.2) is 0 Å². The van der Waals surface area contributed by atoms with Gasteiger partial charge in [0.1, 0.15) is 11.5 Å². The molecule has 2 rings (SSSR count). The molecule has 1 fully saturated rings. The Labute approximate surface area is 119 Å². The molecule has 1 aliphatic carbocycles. The summed E-state index contributed by atoms with van der Waals surface area (Å²) in [5.41, 5.74) is 0.789. The van der Waals surface area contributed by atoms with E-state index in [0.717, 1.165) is 10.0 Å². The molecule has 2 atom stereocenters. The number of methoxy groups -OCH3 is 1. The summed E-state index contributed by atoms with van der Waals surface area (Å²) in [6, 6.07) is 5.47. The highest BCUT2D eigenvalue weighted by Gasteiger charge is 2.36. The summed E-state index contributed by atoms with van der Waals surface area (Å²) in [6.45, 7) is 0. The largest absolute Gasteiger partial charge is 0.496 e. The van der Waals surface area contributed by atoms with Crippen molar-refractivity contribution in [3.8, 4) is 5.75 Å². The van der Waals surface area contributed by atoms with Crippen LogP contribution in [0.5, 0.6) is 5.75 Å². The van der Waals surface area contributed by atoms with Crippen molar-refractivity contribution < 1.29 is 19.4 Å². The maximum atomic E-state index is 11.7. The molecule has 19 heavy (non-hydrogen) atoms. The molecular weight excluding hydrogens is 312 g/mol. The molecule has 0 amide bonds. The highest BCUT2D eigenvalue weighted by molar-refractivity contribution is 9.10. The van der Waals surface area contributed by atoms with Gasteiger partial charge in [0.2, 0.25) is 0 Å². The normalized spacial score (nSPS) is 23.2. The lowest BCUT2D eigenvalue weighted by Crippen LogP contribution is -2.29. The molecule has 5 heteroatoms. The van der Waals surface area contributed by atoms with E-state index in [-0.39, 0.29) is 18.1 Å². The lowest BCUT2D eigenvalue weighted by atomic mass is 9.74. The molecule has 0 aliphatic heterocycles. The van der Waals surface area contributed by atoms with E-state index in [1.54, 1.807) is 13.2 Å². The van der Waals surface area contributed by atoms with Gasteiger partial charge in [-0.05, 0) is 30.2 Å². The number of rotatable bonds is 3. The van der Waals surface area contributed by atoms with E-state index in [4.69, 9.17) is 4.74 Å². The number of carboxylic acid groups (broad SMARTS) is 1. The van der Waals surface area contributed by atoms with Crippen LogP contribution >= 0.6 is 15.9 Å². The third-order valence-corrected chi connectivity index (χ3v) is 4.07. The van der Waals surface area contributed by atoms with Crippen LogP contribution in [-0.2, 0) is 9.59 Å². The van der Waals surface area contributed by atoms with Crippen LogP contribution < -0.4 is 4.74 Å². The van der Waals surface area contributed by atoms with Crippen molar-refractivity contribution >= 4 is 27.7 Å². The summed E-state index contributed by atoms with van der Waals surface area (Å²) in [7, 11) is 1.55. The zero-order valence-corrected chi connectivity index (χ0v) is 12.1. The molecule has 0 spiro atoms. The fraction of sp³-hybridized carbons (Fsp3) is 0.429. The summed E-state index contributed by atoms with van der Waals surface area (Å²) in [5, 5.41) is 9.33. The minimum atomic E-state index is -0.848. The summed E-state index contributed by atoms with van der Waals surface area (Å²) >= 11 is 3.38. The number of benzene rings is 1. The molecule has 0 heterocycles. The number of hydrogen-bond donors (Lipinski definition) is 1. The summed E-state index contributed by atoms with van der Waals surface area (Å²) in [5.74, 6) is -0.940. The number of carboxylic acids is 1. The lowest BCUT2D eigenvalue weighted by molar-refractivity contribution is -0.144. The van der Waals surface area contributed by atoms with E-state index in [9.17, 15) is 14.7 Å². The maximum absolute atomic E-state index is 11.7. The average Bonchev–Trinajstić information content (AvgIpc) is 2.38. The molecule has 1 N–H and O–H groups in total. The quantitative estimate of drug-likeness (QED) is 0.927. The van der Waals surface area contributed by atoms with Gasteiger partial charge < -0.3 is 9.84 Å². The topological polar surface area (TPSA) is 63.6 Å². The van der Waals surface area contributed by atoms with Crippen LogP contribution in [0.25, 0.3) is 0 Å². The average molecular weight is 327 g/mol. The number of carbonyl (C=O) groups is 2. The van der Waals surface area contributed by atoms with Gasteiger partial charge in [-0.3, -0.25) is 9.59 Å². The third kappa shape index (κ3) is 2.97. The number of ether oxygens (including phenoxy) is 1. The summed E-state index contributed by atoms with van der Waals surface area (Å²) in [4.78, 5) is 23.0. The molecule has 4 nitrogen and oxygen atoms in total. The van der Waals surface area contributed by atoms with E-state index in [2.05, 4.69) is 15.9 Å². The first kappa shape index (κ1) is 14.1. The lowest BCUT2D eigenvalue weighted by Gasteiger charge is -2.29. The molecule has 0 bridgehead atoms. The molecular formula is C14H15BrO4. The third-order valence-electron chi connectivity index (χ3n) is 3.58. The highest BCUT2D eigenvalue weighted by Crippen LogP contribution is 2.41. The highest BCUT2D eigenvalue weighted by atomic mass is 79.9. The van der Waals surface area contributed by atoms with Crippen molar-refractivity contribution in [2.24, 2.45) is 5.92 Å². The Morgan fingerprint density at radius 3 is 2.84 bits per heavy atom. The zero-order valence-electron chi connectivity index (χ0n) is 10.6. The monoisotopic (exact) mass is 326 g/mol. The molecule has 2 unspecified atom stereocenters. The molecule has 1 aromatic carbocycles. The maximum Gasteiger partial charge on any atom is 0.307 e. The second-order valence-corrected chi connectivity index (χ2v) is 5.63. The Morgan fingerprint density at radius 1 is 1.47 bits per heavy atom. The van der Waals surface area contributed by atoms with Gasteiger partial charge in [0.15, 0.2) is 0 Å². The van der Waals surface area contributed by atoms with Crippen molar-refractivity contribution in [2.75, 3.05) is 7.11 Å². The molecule has 102 valence electrons. The zero-order chi connectivity index (χ0) is 14.0. The van der Waals surface area contributed by atoms with Gasteiger partial charge in [0, 0.05) is 23.2 Å². The minimum absolute atomic E-state index is 0.115. The second-order valence-electron chi connectivity index (χ2n) is 4.72.